The standard InChI is InChI=1S/C11H14N2O2/c1-8-12-10-5-4-9(6-11(10)15-8)13(2)7-14-3/h4-6H,7H2,1-3H3. The Morgan fingerprint density at radius 2 is 2.27 bits per heavy atom. The van der Waals surface area contributed by atoms with Crippen LogP contribution >= 0.6 is 0 Å². The molecule has 2 aromatic rings. The molecule has 0 bridgehead atoms. The first-order chi connectivity index (χ1) is 7.20. The second kappa shape index (κ2) is 3.90. The lowest BCUT2D eigenvalue weighted by molar-refractivity contribution is 0.202. The number of rotatable bonds is 3. The maximum absolute atomic E-state index is 5.46. The lowest BCUT2D eigenvalue weighted by atomic mass is 10.3. The minimum atomic E-state index is 0.554. The van der Waals surface area contributed by atoms with Crippen molar-refractivity contribution in [1.29, 1.82) is 0 Å². The number of methoxy groups -OCH3 is 1. The predicted octanol–water partition coefficient (Wildman–Crippen LogP) is 2.18. The van der Waals surface area contributed by atoms with E-state index in [1.807, 2.05) is 37.1 Å². The van der Waals surface area contributed by atoms with Crippen LogP contribution in [0.15, 0.2) is 22.6 Å². The summed E-state index contributed by atoms with van der Waals surface area (Å²) in [5.74, 6) is 0.691. The third-order valence-electron chi connectivity index (χ3n) is 2.24. The fraction of sp³-hybridized carbons (Fsp3) is 0.364. The Labute approximate surface area is 88.5 Å². The highest BCUT2D eigenvalue weighted by atomic mass is 16.5. The van der Waals surface area contributed by atoms with Crippen molar-refractivity contribution in [2.45, 2.75) is 6.92 Å². The third kappa shape index (κ3) is 1.94. The number of hydrogen-bond acceptors (Lipinski definition) is 4. The van der Waals surface area contributed by atoms with Gasteiger partial charge in [-0.05, 0) is 12.1 Å². The van der Waals surface area contributed by atoms with Crippen molar-refractivity contribution in [3.63, 3.8) is 0 Å². The molecule has 4 nitrogen and oxygen atoms in total. The van der Waals surface area contributed by atoms with E-state index in [0.29, 0.717) is 12.6 Å². The molecule has 0 saturated carbocycles. The fourth-order valence-corrected chi connectivity index (χ4v) is 1.53. The van der Waals surface area contributed by atoms with E-state index in [9.17, 15) is 0 Å². The quantitative estimate of drug-likeness (QED) is 0.721. The summed E-state index contributed by atoms with van der Waals surface area (Å²) in [6.07, 6.45) is 0. The second-order valence-electron chi connectivity index (χ2n) is 3.50. The second-order valence-corrected chi connectivity index (χ2v) is 3.50. The van der Waals surface area contributed by atoms with Crippen molar-refractivity contribution in [3.05, 3.63) is 24.1 Å². The van der Waals surface area contributed by atoms with Gasteiger partial charge < -0.3 is 14.1 Å². The monoisotopic (exact) mass is 206 g/mol. The highest BCUT2D eigenvalue weighted by Crippen LogP contribution is 2.21. The Kier molecular flexibility index (Phi) is 2.60. The molecular formula is C11H14N2O2. The predicted molar refractivity (Wildman–Crippen MR) is 59.0 cm³/mol. The molecule has 0 atom stereocenters. The lowest BCUT2D eigenvalue weighted by Gasteiger charge is -2.17. The van der Waals surface area contributed by atoms with Crippen LogP contribution in [0.25, 0.3) is 11.1 Å². The number of aromatic nitrogens is 1. The number of ether oxygens (including phenoxy) is 1. The molecule has 4 heteroatoms. The average molecular weight is 206 g/mol. The van der Waals surface area contributed by atoms with Crippen LogP contribution in [0.1, 0.15) is 5.89 Å². The first-order valence-electron chi connectivity index (χ1n) is 4.78. The summed E-state index contributed by atoms with van der Waals surface area (Å²) in [6, 6.07) is 5.92. The van der Waals surface area contributed by atoms with Gasteiger partial charge >= 0.3 is 0 Å². The Morgan fingerprint density at radius 3 is 3.00 bits per heavy atom. The van der Waals surface area contributed by atoms with Crippen LogP contribution in [0, 0.1) is 6.92 Å². The van der Waals surface area contributed by atoms with Gasteiger partial charge in [0, 0.05) is 32.8 Å². The number of hydrogen-bond donors (Lipinski definition) is 0. The maximum Gasteiger partial charge on any atom is 0.192 e. The average Bonchev–Trinajstić information content (AvgIpc) is 2.57. The van der Waals surface area contributed by atoms with Crippen molar-refractivity contribution in [3.8, 4) is 0 Å². The van der Waals surface area contributed by atoms with E-state index in [4.69, 9.17) is 9.15 Å². The zero-order valence-electron chi connectivity index (χ0n) is 9.15. The molecule has 0 aliphatic heterocycles. The van der Waals surface area contributed by atoms with E-state index in [0.717, 1.165) is 16.8 Å². The van der Waals surface area contributed by atoms with Crippen LogP contribution in [-0.2, 0) is 4.74 Å². The molecular weight excluding hydrogens is 192 g/mol. The molecule has 80 valence electrons. The number of nitrogens with zero attached hydrogens (tertiary/aromatic N) is 2. The SMILES string of the molecule is COCN(C)c1ccc2nc(C)oc2c1. The van der Waals surface area contributed by atoms with Crippen molar-refractivity contribution < 1.29 is 9.15 Å². The molecule has 0 radical (unpaired) electrons. The van der Waals surface area contributed by atoms with Gasteiger partial charge in [0.15, 0.2) is 11.5 Å². The maximum atomic E-state index is 5.46. The molecule has 0 aliphatic carbocycles. The molecule has 2 rings (SSSR count). The van der Waals surface area contributed by atoms with Crippen LogP contribution in [0.2, 0.25) is 0 Å². The zero-order valence-corrected chi connectivity index (χ0v) is 9.15. The molecule has 15 heavy (non-hydrogen) atoms. The van der Waals surface area contributed by atoms with Gasteiger partial charge in [-0.2, -0.15) is 0 Å². The van der Waals surface area contributed by atoms with Gasteiger partial charge in [-0.3, -0.25) is 0 Å². The largest absolute Gasteiger partial charge is 0.441 e. The normalized spacial score (nSPS) is 10.9. The molecule has 0 saturated heterocycles. The smallest absolute Gasteiger partial charge is 0.192 e. The minimum Gasteiger partial charge on any atom is -0.441 e. The summed E-state index contributed by atoms with van der Waals surface area (Å²) >= 11 is 0. The van der Waals surface area contributed by atoms with Crippen molar-refractivity contribution >= 4 is 16.8 Å². The Hall–Kier alpha value is -1.55. The number of oxazole rings is 1. The summed E-state index contributed by atoms with van der Waals surface area (Å²) in [5, 5.41) is 0. The van der Waals surface area contributed by atoms with Crippen molar-refractivity contribution in [2.24, 2.45) is 0 Å². The zero-order chi connectivity index (χ0) is 10.8. The van der Waals surface area contributed by atoms with E-state index in [2.05, 4.69) is 4.98 Å². The Balaban J connectivity index is 2.37. The fourth-order valence-electron chi connectivity index (χ4n) is 1.53. The van der Waals surface area contributed by atoms with Crippen LogP contribution in [-0.4, -0.2) is 25.9 Å². The molecule has 0 aliphatic rings. The minimum absolute atomic E-state index is 0.554. The number of fused-ring (bicyclic) bond motifs is 1. The highest BCUT2D eigenvalue weighted by Gasteiger charge is 2.05. The van der Waals surface area contributed by atoms with Crippen LogP contribution < -0.4 is 4.90 Å². The first kappa shape index (κ1) is 9.98. The molecule has 0 unspecified atom stereocenters. The van der Waals surface area contributed by atoms with Gasteiger partial charge in [0.2, 0.25) is 0 Å². The van der Waals surface area contributed by atoms with Gasteiger partial charge in [-0.15, -0.1) is 0 Å². The molecule has 0 spiro atoms. The topological polar surface area (TPSA) is 38.5 Å². The van der Waals surface area contributed by atoms with Crippen LogP contribution in [0.3, 0.4) is 0 Å². The molecule has 0 N–H and O–H groups in total. The van der Waals surface area contributed by atoms with Gasteiger partial charge in [0.05, 0.1) is 0 Å². The van der Waals surface area contributed by atoms with Gasteiger partial charge in [0.25, 0.3) is 0 Å². The van der Waals surface area contributed by atoms with Gasteiger partial charge in [0.1, 0.15) is 12.2 Å². The summed E-state index contributed by atoms with van der Waals surface area (Å²) in [7, 11) is 3.64. The van der Waals surface area contributed by atoms with E-state index in [1.54, 1.807) is 7.11 Å². The first-order valence-corrected chi connectivity index (χ1v) is 4.78. The molecule has 1 aromatic carbocycles. The summed E-state index contributed by atoms with van der Waals surface area (Å²) in [4.78, 5) is 6.24. The van der Waals surface area contributed by atoms with Crippen LogP contribution in [0.5, 0.6) is 0 Å². The number of benzene rings is 1. The van der Waals surface area contributed by atoms with Crippen molar-refractivity contribution in [1.82, 2.24) is 4.98 Å². The van der Waals surface area contributed by atoms with Gasteiger partial charge in [-0.25, -0.2) is 4.98 Å². The molecule has 0 amide bonds. The van der Waals surface area contributed by atoms with E-state index >= 15 is 0 Å². The van der Waals surface area contributed by atoms with Crippen molar-refractivity contribution in [2.75, 3.05) is 25.8 Å². The summed E-state index contributed by atoms with van der Waals surface area (Å²) < 4.78 is 10.5. The summed E-state index contributed by atoms with van der Waals surface area (Å²) in [5.41, 5.74) is 2.76. The molecule has 0 fully saturated rings. The third-order valence-corrected chi connectivity index (χ3v) is 2.24. The van der Waals surface area contributed by atoms with E-state index in [1.165, 1.54) is 0 Å². The molecule has 1 heterocycles. The van der Waals surface area contributed by atoms with E-state index in [-0.39, 0.29) is 0 Å². The number of aryl methyl sites for hydroxylation is 1. The van der Waals surface area contributed by atoms with Crippen LogP contribution in [0.4, 0.5) is 5.69 Å². The molecule has 1 aromatic heterocycles. The summed E-state index contributed by atoms with van der Waals surface area (Å²) in [6.45, 7) is 2.40. The number of anilines is 1. The lowest BCUT2D eigenvalue weighted by Crippen LogP contribution is -2.19. The highest BCUT2D eigenvalue weighted by molar-refractivity contribution is 5.77. The van der Waals surface area contributed by atoms with Gasteiger partial charge in [-0.1, -0.05) is 0 Å². The van der Waals surface area contributed by atoms with E-state index < -0.39 is 0 Å². The Bertz CT molecular complexity index is 465. The Morgan fingerprint density at radius 1 is 1.47 bits per heavy atom.